The van der Waals surface area contributed by atoms with Crippen LogP contribution in [0.25, 0.3) is 22.4 Å². The number of benzene rings is 2. The molecule has 0 saturated heterocycles. The summed E-state index contributed by atoms with van der Waals surface area (Å²) in [5, 5.41) is 10.3. The summed E-state index contributed by atoms with van der Waals surface area (Å²) in [6, 6.07) is 15.9. The van der Waals surface area contributed by atoms with E-state index in [0.29, 0.717) is 5.69 Å². The summed E-state index contributed by atoms with van der Waals surface area (Å²) < 4.78 is 10.1. The molecule has 1 amide bonds. The lowest BCUT2D eigenvalue weighted by molar-refractivity contribution is -0.119. The second-order valence-corrected chi connectivity index (χ2v) is 8.88. The van der Waals surface area contributed by atoms with Gasteiger partial charge < -0.3 is 4.74 Å². The first-order valence-corrected chi connectivity index (χ1v) is 10.2. The van der Waals surface area contributed by atoms with E-state index in [-0.39, 0.29) is 17.0 Å². The van der Waals surface area contributed by atoms with Crippen molar-refractivity contribution in [2.75, 3.05) is 5.32 Å². The van der Waals surface area contributed by atoms with Crippen LogP contribution in [0.1, 0.15) is 46.1 Å². The van der Waals surface area contributed by atoms with Crippen molar-refractivity contribution in [1.29, 1.82) is 0 Å². The highest BCUT2D eigenvalue weighted by Gasteiger charge is 2.48. The molecule has 0 aliphatic heterocycles. The predicted molar refractivity (Wildman–Crippen MR) is 117 cm³/mol. The van der Waals surface area contributed by atoms with Gasteiger partial charge in [0.2, 0.25) is 5.82 Å². The third-order valence-corrected chi connectivity index (χ3v) is 5.46. The molecule has 0 spiro atoms. The zero-order chi connectivity index (χ0) is 22.2. The number of hydrogen-bond donors (Lipinski definition) is 1. The van der Waals surface area contributed by atoms with Gasteiger partial charge in [0.05, 0.1) is 5.41 Å². The topological polar surface area (TPSA) is 94.3 Å². The average molecular weight is 419 g/mol. The summed E-state index contributed by atoms with van der Waals surface area (Å²) in [5.41, 5.74) is 3.46. The third-order valence-electron chi connectivity index (χ3n) is 5.46. The smallest absolute Gasteiger partial charge is 0.413 e. The molecular formula is C24H25N3O4. The summed E-state index contributed by atoms with van der Waals surface area (Å²) in [4.78, 5) is 24.0. The molecular weight excluding hydrogens is 394 g/mol. The Morgan fingerprint density at radius 3 is 2.00 bits per heavy atom. The van der Waals surface area contributed by atoms with E-state index in [0.717, 1.165) is 35.1 Å². The number of anilines is 1. The Hall–Kier alpha value is -3.48. The van der Waals surface area contributed by atoms with Gasteiger partial charge in [0.1, 0.15) is 11.4 Å². The first-order valence-electron chi connectivity index (χ1n) is 10.2. The minimum absolute atomic E-state index is 0.199. The molecule has 0 atom stereocenters. The highest BCUT2D eigenvalue weighted by molar-refractivity contribution is 5.91. The fourth-order valence-corrected chi connectivity index (χ4v) is 3.63. The minimum atomic E-state index is -0.625. The average Bonchev–Trinajstić information content (AvgIpc) is 3.41. The van der Waals surface area contributed by atoms with E-state index in [1.165, 1.54) is 0 Å². The van der Waals surface area contributed by atoms with Gasteiger partial charge in [-0.15, -0.1) is 0 Å². The zero-order valence-corrected chi connectivity index (χ0v) is 18.1. The molecule has 1 saturated carbocycles. The third kappa shape index (κ3) is 4.35. The lowest BCUT2D eigenvalue weighted by Crippen LogP contribution is -2.27. The molecule has 0 radical (unpaired) electrons. The molecule has 0 bridgehead atoms. The monoisotopic (exact) mass is 419 g/mol. The first kappa shape index (κ1) is 20.8. The SMILES string of the molecule is CC(=O)C1(c2ccc(-c3ccc(-c4nonc4NC(=O)OC(C)(C)C)cc3)cc2)CC1. The van der Waals surface area contributed by atoms with Crippen LogP contribution >= 0.6 is 0 Å². The van der Waals surface area contributed by atoms with Crippen LogP contribution in [0.2, 0.25) is 0 Å². The quantitative estimate of drug-likeness (QED) is 0.597. The molecule has 160 valence electrons. The fraction of sp³-hybridized carbons (Fsp3) is 0.333. The van der Waals surface area contributed by atoms with Crippen LogP contribution in [0.4, 0.5) is 10.6 Å². The summed E-state index contributed by atoms with van der Waals surface area (Å²) in [6.45, 7) is 7.02. The van der Waals surface area contributed by atoms with Crippen molar-refractivity contribution in [2.24, 2.45) is 0 Å². The van der Waals surface area contributed by atoms with Crippen LogP contribution in [0.15, 0.2) is 53.2 Å². The van der Waals surface area contributed by atoms with E-state index < -0.39 is 11.7 Å². The van der Waals surface area contributed by atoms with Crippen molar-refractivity contribution in [3.63, 3.8) is 0 Å². The van der Waals surface area contributed by atoms with Crippen molar-refractivity contribution in [1.82, 2.24) is 10.3 Å². The van der Waals surface area contributed by atoms with E-state index in [1.54, 1.807) is 27.7 Å². The number of aromatic nitrogens is 2. The van der Waals surface area contributed by atoms with Crippen LogP contribution < -0.4 is 5.32 Å². The standard InChI is InChI=1S/C24H25N3O4/c1-15(28)24(13-14-24)19-11-9-17(10-12-19)16-5-7-18(8-6-16)20-21(27-31-26-20)25-22(29)30-23(2,3)4/h5-12H,13-14H2,1-4H3,(H,25,27,29). The molecule has 1 N–H and O–H groups in total. The fourth-order valence-electron chi connectivity index (χ4n) is 3.63. The lowest BCUT2D eigenvalue weighted by Gasteiger charge is -2.19. The molecule has 1 aliphatic rings. The molecule has 31 heavy (non-hydrogen) atoms. The predicted octanol–water partition coefficient (Wildman–Crippen LogP) is 5.37. The van der Waals surface area contributed by atoms with E-state index in [1.807, 2.05) is 48.5 Å². The largest absolute Gasteiger partial charge is 0.444 e. The molecule has 4 rings (SSSR count). The number of Topliss-reactive ketones (excluding diaryl/α,β-unsaturated/α-hetero) is 1. The number of amides is 1. The van der Waals surface area contributed by atoms with Gasteiger partial charge in [-0.1, -0.05) is 48.5 Å². The number of ketones is 1. The van der Waals surface area contributed by atoms with Crippen molar-refractivity contribution in [3.05, 3.63) is 54.1 Å². The Labute approximate surface area is 180 Å². The normalized spacial score (nSPS) is 14.7. The van der Waals surface area contributed by atoms with Crippen LogP contribution in [0.3, 0.4) is 0 Å². The highest BCUT2D eigenvalue weighted by atomic mass is 16.6. The van der Waals surface area contributed by atoms with Crippen molar-refractivity contribution in [3.8, 4) is 22.4 Å². The van der Waals surface area contributed by atoms with E-state index in [2.05, 4.69) is 15.6 Å². The second kappa shape index (κ2) is 7.65. The number of ether oxygens (including phenoxy) is 1. The number of nitrogens with zero attached hydrogens (tertiary/aromatic N) is 2. The van der Waals surface area contributed by atoms with E-state index >= 15 is 0 Å². The molecule has 1 aromatic heterocycles. The molecule has 1 aliphatic carbocycles. The summed E-state index contributed by atoms with van der Waals surface area (Å²) in [5.74, 6) is 0.437. The number of hydrogen-bond acceptors (Lipinski definition) is 6. The van der Waals surface area contributed by atoms with Crippen LogP contribution in [-0.2, 0) is 14.9 Å². The molecule has 7 nitrogen and oxygen atoms in total. The van der Waals surface area contributed by atoms with Gasteiger partial charge in [-0.2, -0.15) is 0 Å². The summed E-state index contributed by atoms with van der Waals surface area (Å²) in [6.07, 6.45) is 1.24. The van der Waals surface area contributed by atoms with Gasteiger partial charge in [-0.05, 0) is 67.5 Å². The van der Waals surface area contributed by atoms with Crippen LogP contribution in [0.5, 0.6) is 0 Å². The van der Waals surface area contributed by atoms with Gasteiger partial charge in [0, 0.05) is 5.56 Å². The summed E-state index contributed by atoms with van der Waals surface area (Å²) >= 11 is 0. The van der Waals surface area contributed by atoms with Gasteiger partial charge in [-0.3, -0.25) is 10.1 Å². The van der Waals surface area contributed by atoms with Crippen molar-refractivity contribution >= 4 is 17.7 Å². The first-order chi connectivity index (χ1) is 14.7. The van der Waals surface area contributed by atoms with E-state index in [9.17, 15) is 9.59 Å². The Bertz CT molecular complexity index is 1100. The molecule has 2 aromatic carbocycles. The van der Waals surface area contributed by atoms with Gasteiger partial charge in [0.25, 0.3) is 0 Å². The van der Waals surface area contributed by atoms with Gasteiger partial charge in [0.15, 0.2) is 5.69 Å². The number of carbonyl (C=O) groups is 2. The Kier molecular flexibility index (Phi) is 5.13. The highest BCUT2D eigenvalue weighted by Crippen LogP contribution is 2.49. The van der Waals surface area contributed by atoms with Crippen molar-refractivity contribution in [2.45, 2.75) is 51.6 Å². The Morgan fingerprint density at radius 1 is 0.935 bits per heavy atom. The minimum Gasteiger partial charge on any atom is -0.444 e. The number of nitrogens with one attached hydrogen (secondary N) is 1. The van der Waals surface area contributed by atoms with Gasteiger partial charge >= 0.3 is 6.09 Å². The van der Waals surface area contributed by atoms with E-state index in [4.69, 9.17) is 9.37 Å². The van der Waals surface area contributed by atoms with Crippen molar-refractivity contribution < 1.29 is 19.0 Å². The Balaban J connectivity index is 1.50. The van der Waals surface area contributed by atoms with Gasteiger partial charge in [-0.25, -0.2) is 9.42 Å². The maximum atomic E-state index is 12.0. The maximum Gasteiger partial charge on any atom is 0.413 e. The maximum absolute atomic E-state index is 12.0. The summed E-state index contributed by atoms with van der Waals surface area (Å²) in [7, 11) is 0. The molecule has 7 heteroatoms. The molecule has 1 heterocycles. The molecule has 0 unspecified atom stereocenters. The van der Waals surface area contributed by atoms with Crippen LogP contribution in [0, 0.1) is 0 Å². The lowest BCUT2D eigenvalue weighted by atomic mass is 9.90. The molecule has 1 fully saturated rings. The van der Waals surface area contributed by atoms with Crippen LogP contribution in [-0.4, -0.2) is 27.8 Å². The Morgan fingerprint density at radius 2 is 1.48 bits per heavy atom. The number of rotatable bonds is 5. The number of carbonyl (C=O) groups excluding carboxylic acids is 2. The zero-order valence-electron chi connectivity index (χ0n) is 18.1. The second-order valence-electron chi connectivity index (χ2n) is 8.88. The molecule has 3 aromatic rings.